The number of carbonyl (C=O) groups is 2. The molecule has 0 saturated heterocycles. The summed E-state index contributed by atoms with van der Waals surface area (Å²) in [5.41, 5.74) is 5.57. The SMILES string of the molecule is COC(=O)C(N)CSCC(=O)Nc1ccnn1C(C)C. The predicted octanol–water partition coefficient (Wildman–Crippen LogP) is 0.636. The molecule has 0 aliphatic heterocycles. The molecule has 0 spiro atoms. The molecule has 1 atom stereocenters. The van der Waals surface area contributed by atoms with Gasteiger partial charge in [-0.1, -0.05) is 0 Å². The first-order valence-electron chi connectivity index (χ1n) is 6.20. The van der Waals surface area contributed by atoms with Crippen LogP contribution in [0.5, 0.6) is 0 Å². The zero-order chi connectivity index (χ0) is 15.1. The number of hydrogen-bond acceptors (Lipinski definition) is 6. The number of nitrogens with zero attached hydrogens (tertiary/aromatic N) is 2. The number of aromatic nitrogens is 2. The minimum atomic E-state index is -0.709. The number of ether oxygens (including phenoxy) is 1. The normalized spacial score (nSPS) is 12.2. The highest BCUT2D eigenvalue weighted by Crippen LogP contribution is 2.13. The highest BCUT2D eigenvalue weighted by molar-refractivity contribution is 8.00. The van der Waals surface area contributed by atoms with Crippen LogP contribution in [0, 0.1) is 0 Å². The summed E-state index contributed by atoms with van der Waals surface area (Å²) < 4.78 is 6.23. The number of nitrogens with two attached hydrogens (primary N) is 1. The van der Waals surface area contributed by atoms with Gasteiger partial charge in [-0.25, -0.2) is 4.68 Å². The molecule has 0 saturated carbocycles. The average molecular weight is 300 g/mol. The van der Waals surface area contributed by atoms with Gasteiger partial charge in [-0.2, -0.15) is 5.10 Å². The van der Waals surface area contributed by atoms with Gasteiger partial charge in [-0.3, -0.25) is 9.59 Å². The van der Waals surface area contributed by atoms with Gasteiger partial charge < -0.3 is 15.8 Å². The molecule has 112 valence electrons. The largest absolute Gasteiger partial charge is 0.468 e. The molecular weight excluding hydrogens is 280 g/mol. The summed E-state index contributed by atoms with van der Waals surface area (Å²) in [4.78, 5) is 22.9. The molecule has 0 radical (unpaired) electrons. The molecule has 1 rings (SSSR count). The van der Waals surface area contributed by atoms with E-state index in [1.165, 1.54) is 18.9 Å². The van der Waals surface area contributed by atoms with Crippen molar-refractivity contribution in [1.29, 1.82) is 0 Å². The van der Waals surface area contributed by atoms with E-state index in [1.54, 1.807) is 16.9 Å². The second-order valence-electron chi connectivity index (χ2n) is 4.45. The first-order valence-corrected chi connectivity index (χ1v) is 7.35. The van der Waals surface area contributed by atoms with Crippen molar-refractivity contribution in [2.24, 2.45) is 5.73 Å². The van der Waals surface area contributed by atoms with Crippen LogP contribution in [0.15, 0.2) is 12.3 Å². The van der Waals surface area contributed by atoms with E-state index in [2.05, 4.69) is 15.2 Å². The summed E-state index contributed by atoms with van der Waals surface area (Å²) in [5.74, 6) is 0.574. The van der Waals surface area contributed by atoms with E-state index in [9.17, 15) is 9.59 Å². The second-order valence-corrected chi connectivity index (χ2v) is 5.48. The van der Waals surface area contributed by atoms with Crippen molar-refractivity contribution in [3.8, 4) is 0 Å². The smallest absolute Gasteiger partial charge is 0.323 e. The molecule has 20 heavy (non-hydrogen) atoms. The summed E-state index contributed by atoms with van der Waals surface area (Å²) in [6, 6.07) is 1.20. The van der Waals surface area contributed by atoms with Crippen LogP contribution in [0.25, 0.3) is 0 Å². The van der Waals surface area contributed by atoms with Gasteiger partial charge in [0.1, 0.15) is 11.9 Å². The zero-order valence-corrected chi connectivity index (χ0v) is 12.6. The fourth-order valence-corrected chi connectivity index (χ4v) is 2.27. The van der Waals surface area contributed by atoms with Gasteiger partial charge in [0.2, 0.25) is 5.91 Å². The number of amides is 1. The fraction of sp³-hybridized carbons (Fsp3) is 0.583. The van der Waals surface area contributed by atoms with Crippen molar-refractivity contribution < 1.29 is 14.3 Å². The lowest BCUT2D eigenvalue weighted by molar-refractivity contribution is -0.141. The van der Waals surface area contributed by atoms with Gasteiger partial charge in [0.15, 0.2) is 0 Å². The van der Waals surface area contributed by atoms with Gasteiger partial charge in [-0.15, -0.1) is 11.8 Å². The van der Waals surface area contributed by atoms with Crippen molar-refractivity contribution >= 4 is 29.5 Å². The average Bonchev–Trinajstić information content (AvgIpc) is 2.85. The number of nitrogens with one attached hydrogen (secondary N) is 1. The molecule has 3 N–H and O–H groups in total. The Morgan fingerprint density at radius 2 is 2.25 bits per heavy atom. The maximum atomic E-state index is 11.8. The molecule has 0 aliphatic rings. The summed E-state index contributed by atoms with van der Waals surface area (Å²) in [7, 11) is 1.28. The van der Waals surface area contributed by atoms with E-state index >= 15 is 0 Å². The lowest BCUT2D eigenvalue weighted by Gasteiger charge is -2.12. The summed E-state index contributed by atoms with van der Waals surface area (Å²) in [6.07, 6.45) is 1.63. The van der Waals surface area contributed by atoms with E-state index in [4.69, 9.17) is 5.73 Å². The number of carbonyl (C=O) groups excluding carboxylic acids is 2. The number of methoxy groups -OCH3 is 1. The van der Waals surface area contributed by atoms with Crippen molar-refractivity contribution in [1.82, 2.24) is 9.78 Å². The monoisotopic (exact) mass is 300 g/mol. The topological polar surface area (TPSA) is 99.2 Å². The standard InChI is InChI=1S/C12H20N4O3S/c1-8(2)16-10(4-5-14-16)15-11(17)7-20-6-9(13)12(18)19-3/h4-5,8-9H,6-7,13H2,1-3H3,(H,15,17). The maximum absolute atomic E-state index is 11.8. The van der Waals surface area contributed by atoms with Crippen LogP contribution in [0.2, 0.25) is 0 Å². The molecule has 0 fully saturated rings. The highest BCUT2D eigenvalue weighted by atomic mass is 32.2. The van der Waals surface area contributed by atoms with E-state index in [1.807, 2.05) is 13.8 Å². The lowest BCUT2D eigenvalue weighted by atomic mass is 10.4. The van der Waals surface area contributed by atoms with Crippen LogP contribution in [-0.2, 0) is 14.3 Å². The van der Waals surface area contributed by atoms with Crippen LogP contribution in [0.1, 0.15) is 19.9 Å². The number of rotatable bonds is 7. The quantitative estimate of drug-likeness (QED) is 0.717. The Kier molecular flexibility index (Phi) is 6.53. The van der Waals surface area contributed by atoms with Crippen molar-refractivity contribution in [3.63, 3.8) is 0 Å². The van der Waals surface area contributed by atoms with Crippen molar-refractivity contribution in [3.05, 3.63) is 12.3 Å². The summed E-state index contributed by atoms with van der Waals surface area (Å²) >= 11 is 1.28. The third-order valence-corrected chi connectivity index (χ3v) is 3.52. The molecule has 1 unspecified atom stereocenters. The molecule has 7 nitrogen and oxygen atoms in total. The van der Waals surface area contributed by atoms with Gasteiger partial charge in [-0.05, 0) is 13.8 Å². The molecule has 1 amide bonds. The minimum absolute atomic E-state index is 0.158. The zero-order valence-electron chi connectivity index (χ0n) is 11.8. The van der Waals surface area contributed by atoms with Crippen LogP contribution < -0.4 is 11.1 Å². The van der Waals surface area contributed by atoms with Gasteiger partial charge >= 0.3 is 5.97 Å². The van der Waals surface area contributed by atoms with E-state index < -0.39 is 12.0 Å². The van der Waals surface area contributed by atoms with E-state index in [-0.39, 0.29) is 17.7 Å². The van der Waals surface area contributed by atoms with Crippen molar-refractivity contribution in [2.75, 3.05) is 23.9 Å². The van der Waals surface area contributed by atoms with Crippen molar-refractivity contribution in [2.45, 2.75) is 25.9 Å². The predicted molar refractivity (Wildman–Crippen MR) is 78.6 cm³/mol. The van der Waals surface area contributed by atoms with Crippen LogP contribution >= 0.6 is 11.8 Å². The fourth-order valence-electron chi connectivity index (χ4n) is 1.50. The Morgan fingerprint density at radius 1 is 1.55 bits per heavy atom. The van der Waals surface area contributed by atoms with E-state index in [0.29, 0.717) is 11.6 Å². The summed E-state index contributed by atoms with van der Waals surface area (Å²) in [5, 5.41) is 6.90. The Balaban J connectivity index is 2.37. The van der Waals surface area contributed by atoms with Gasteiger partial charge in [0.25, 0.3) is 0 Å². The molecule has 1 aromatic heterocycles. The molecule has 8 heteroatoms. The molecule has 1 heterocycles. The maximum Gasteiger partial charge on any atom is 0.323 e. The number of thioether (sulfide) groups is 1. The minimum Gasteiger partial charge on any atom is -0.468 e. The molecular formula is C12H20N4O3S. The summed E-state index contributed by atoms with van der Waals surface area (Å²) in [6.45, 7) is 3.96. The first kappa shape index (κ1) is 16.5. The first-order chi connectivity index (χ1) is 9.45. The highest BCUT2D eigenvalue weighted by Gasteiger charge is 2.15. The Bertz CT molecular complexity index is 461. The Hall–Kier alpha value is -1.54. The molecule has 0 bridgehead atoms. The second kappa shape index (κ2) is 7.91. The van der Waals surface area contributed by atoms with Crippen LogP contribution in [0.3, 0.4) is 0 Å². The lowest BCUT2D eigenvalue weighted by Crippen LogP contribution is -2.34. The van der Waals surface area contributed by atoms with Gasteiger partial charge in [0.05, 0.1) is 19.1 Å². The Morgan fingerprint density at radius 3 is 2.85 bits per heavy atom. The van der Waals surface area contributed by atoms with Crippen LogP contribution in [0.4, 0.5) is 5.82 Å². The number of hydrogen-bond donors (Lipinski definition) is 2. The molecule has 0 aliphatic carbocycles. The number of esters is 1. The Labute approximate surface area is 122 Å². The van der Waals surface area contributed by atoms with E-state index in [0.717, 1.165) is 0 Å². The van der Waals surface area contributed by atoms with Crippen LogP contribution in [-0.4, -0.2) is 46.3 Å². The third-order valence-electron chi connectivity index (χ3n) is 2.46. The molecule has 1 aromatic rings. The molecule has 0 aromatic carbocycles. The number of anilines is 1. The van der Waals surface area contributed by atoms with Gasteiger partial charge in [0, 0.05) is 17.9 Å². The third kappa shape index (κ3) is 4.86.